The van der Waals surface area contributed by atoms with Crippen LogP contribution in [-0.2, 0) is 24.1 Å². The summed E-state index contributed by atoms with van der Waals surface area (Å²) in [6.45, 7) is 4.10. The molecule has 1 amide bonds. The summed E-state index contributed by atoms with van der Waals surface area (Å²) in [5.74, 6) is -0.0138. The molecule has 3 nitrogen and oxygen atoms in total. The Hall–Kier alpha value is -2.72. The van der Waals surface area contributed by atoms with Gasteiger partial charge in [-0.2, -0.15) is 0 Å². The van der Waals surface area contributed by atoms with Gasteiger partial charge < -0.3 is 5.32 Å². The van der Waals surface area contributed by atoms with Gasteiger partial charge in [-0.15, -0.1) is 0 Å². The Morgan fingerprint density at radius 1 is 1.11 bits per heavy atom. The van der Waals surface area contributed by atoms with Gasteiger partial charge >= 0.3 is 0 Å². The number of aryl methyl sites for hydroxylation is 4. The fourth-order valence-electron chi connectivity index (χ4n) is 4.09. The van der Waals surface area contributed by atoms with Crippen LogP contribution in [0, 0.1) is 13.8 Å². The topological polar surface area (TPSA) is 42.0 Å². The van der Waals surface area contributed by atoms with Gasteiger partial charge in [0, 0.05) is 5.39 Å². The molecule has 0 saturated carbocycles. The third-order valence-corrected chi connectivity index (χ3v) is 6.37. The molecule has 0 saturated heterocycles. The lowest BCUT2D eigenvalue weighted by Crippen LogP contribution is -2.14. The van der Waals surface area contributed by atoms with Crippen molar-refractivity contribution in [3.8, 4) is 0 Å². The van der Waals surface area contributed by atoms with Gasteiger partial charge in [-0.25, -0.2) is 4.98 Å². The zero-order valence-electron chi connectivity index (χ0n) is 15.4. The van der Waals surface area contributed by atoms with Gasteiger partial charge in [0.2, 0.25) is 5.91 Å². The molecule has 27 heavy (non-hydrogen) atoms. The van der Waals surface area contributed by atoms with Gasteiger partial charge in [0.25, 0.3) is 0 Å². The van der Waals surface area contributed by atoms with Crippen molar-refractivity contribution in [3.05, 3.63) is 70.3 Å². The molecule has 1 heterocycles. The Morgan fingerprint density at radius 3 is 2.85 bits per heavy atom. The van der Waals surface area contributed by atoms with Crippen LogP contribution in [0.25, 0.3) is 21.0 Å². The molecular formula is C23H20N2OS. The van der Waals surface area contributed by atoms with Crippen LogP contribution in [0.5, 0.6) is 0 Å². The molecule has 4 heteroatoms. The highest BCUT2D eigenvalue weighted by atomic mass is 32.1. The van der Waals surface area contributed by atoms with E-state index in [1.807, 2.05) is 6.92 Å². The highest BCUT2D eigenvalue weighted by Crippen LogP contribution is 2.39. The molecule has 1 N–H and O–H groups in total. The number of anilines is 1. The van der Waals surface area contributed by atoms with Gasteiger partial charge in [0.15, 0.2) is 5.13 Å². The summed E-state index contributed by atoms with van der Waals surface area (Å²) >= 11 is 1.57. The summed E-state index contributed by atoms with van der Waals surface area (Å²) in [5, 5.41) is 6.27. The smallest absolute Gasteiger partial charge is 0.230 e. The molecule has 4 aromatic rings. The van der Waals surface area contributed by atoms with Crippen LogP contribution >= 0.6 is 11.3 Å². The summed E-state index contributed by atoms with van der Waals surface area (Å²) in [6, 6.07) is 15.0. The van der Waals surface area contributed by atoms with E-state index in [1.165, 1.54) is 27.5 Å². The third-order valence-electron chi connectivity index (χ3n) is 5.45. The summed E-state index contributed by atoms with van der Waals surface area (Å²) in [4.78, 5) is 17.3. The van der Waals surface area contributed by atoms with E-state index in [-0.39, 0.29) is 5.91 Å². The number of carbonyl (C=O) groups excluding carboxylic acids is 1. The van der Waals surface area contributed by atoms with E-state index in [2.05, 4.69) is 54.7 Å². The monoisotopic (exact) mass is 372 g/mol. The van der Waals surface area contributed by atoms with E-state index < -0.39 is 0 Å². The zero-order chi connectivity index (χ0) is 18.5. The van der Waals surface area contributed by atoms with E-state index in [0.717, 1.165) is 34.2 Å². The number of nitrogens with zero attached hydrogens (tertiary/aromatic N) is 1. The average molecular weight is 372 g/mol. The summed E-state index contributed by atoms with van der Waals surface area (Å²) in [6.07, 6.45) is 2.58. The van der Waals surface area contributed by atoms with Crippen LogP contribution in [0.2, 0.25) is 0 Å². The van der Waals surface area contributed by atoms with Crippen molar-refractivity contribution in [2.75, 3.05) is 5.32 Å². The minimum Gasteiger partial charge on any atom is -0.302 e. The third kappa shape index (κ3) is 2.81. The first-order valence-electron chi connectivity index (χ1n) is 9.28. The normalized spacial score (nSPS) is 12.8. The lowest BCUT2D eigenvalue weighted by molar-refractivity contribution is -0.115. The minimum atomic E-state index is -0.0138. The van der Waals surface area contributed by atoms with Crippen molar-refractivity contribution in [3.63, 3.8) is 0 Å². The van der Waals surface area contributed by atoms with Crippen LogP contribution in [0.1, 0.15) is 27.8 Å². The van der Waals surface area contributed by atoms with Gasteiger partial charge in [-0.3, -0.25) is 4.79 Å². The van der Waals surface area contributed by atoms with Crippen LogP contribution < -0.4 is 5.32 Å². The van der Waals surface area contributed by atoms with Gasteiger partial charge in [0.05, 0.1) is 16.6 Å². The molecule has 0 bridgehead atoms. The number of fused-ring (bicyclic) bond motifs is 2. The second-order valence-electron chi connectivity index (χ2n) is 7.40. The maximum absolute atomic E-state index is 12.6. The Bertz CT molecular complexity index is 1220. The number of rotatable bonds is 3. The minimum absolute atomic E-state index is 0.0138. The molecule has 1 aromatic heterocycles. The molecule has 3 aromatic carbocycles. The zero-order valence-corrected chi connectivity index (χ0v) is 16.2. The molecule has 0 radical (unpaired) electrons. The highest BCUT2D eigenvalue weighted by molar-refractivity contribution is 7.22. The molecule has 0 atom stereocenters. The van der Waals surface area contributed by atoms with Crippen LogP contribution in [-0.4, -0.2) is 10.9 Å². The predicted octanol–water partition coefficient (Wildman–Crippen LogP) is 5.35. The van der Waals surface area contributed by atoms with Crippen molar-refractivity contribution < 1.29 is 4.79 Å². The number of nitrogens with one attached hydrogen (secondary N) is 1. The van der Waals surface area contributed by atoms with E-state index in [1.54, 1.807) is 11.3 Å². The summed E-state index contributed by atoms with van der Waals surface area (Å²) < 4.78 is 1.15. The number of amides is 1. The number of hydrogen-bond donors (Lipinski definition) is 1. The van der Waals surface area contributed by atoms with Crippen molar-refractivity contribution in [2.45, 2.75) is 33.1 Å². The molecule has 0 aliphatic heterocycles. The number of thiazole rings is 1. The molecule has 0 unspecified atom stereocenters. The fraction of sp³-hybridized carbons (Fsp3) is 0.217. The molecule has 1 aliphatic carbocycles. The van der Waals surface area contributed by atoms with Crippen LogP contribution in [0.4, 0.5) is 5.13 Å². The molecule has 0 spiro atoms. The average Bonchev–Trinajstić information content (AvgIpc) is 3.23. The Balaban J connectivity index is 1.47. The quantitative estimate of drug-likeness (QED) is 0.527. The van der Waals surface area contributed by atoms with Crippen molar-refractivity contribution in [1.82, 2.24) is 4.98 Å². The van der Waals surface area contributed by atoms with Crippen LogP contribution in [0.15, 0.2) is 42.5 Å². The van der Waals surface area contributed by atoms with Crippen molar-refractivity contribution in [1.29, 1.82) is 0 Å². The molecule has 1 aliphatic rings. The largest absolute Gasteiger partial charge is 0.302 e. The first kappa shape index (κ1) is 16.5. The molecule has 5 rings (SSSR count). The molecule has 134 valence electrons. The highest BCUT2D eigenvalue weighted by Gasteiger charge is 2.19. The van der Waals surface area contributed by atoms with E-state index >= 15 is 0 Å². The van der Waals surface area contributed by atoms with Gasteiger partial charge in [0.1, 0.15) is 0 Å². The van der Waals surface area contributed by atoms with E-state index in [0.29, 0.717) is 11.6 Å². The Labute approximate surface area is 162 Å². The second-order valence-corrected chi connectivity index (χ2v) is 8.43. The molecular weight excluding hydrogens is 352 g/mol. The van der Waals surface area contributed by atoms with Crippen molar-refractivity contribution >= 4 is 43.4 Å². The fourth-order valence-corrected chi connectivity index (χ4v) is 5.05. The summed E-state index contributed by atoms with van der Waals surface area (Å²) in [5.41, 5.74) is 7.21. The Morgan fingerprint density at radius 2 is 1.96 bits per heavy atom. The second kappa shape index (κ2) is 6.17. The number of aromatic nitrogens is 1. The SMILES string of the molecule is Cc1ccc(C)c(CC(=O)Nc2nc3c(cc4c5c(cccc53)CC4)s2)c1. The Kier molecular flexibility index (Phi) is 3.76. The maximum Gasteiger partial charge on any atom is 0.230 e. The van der Waals surface area contributed by atoms with Crippen molar-refractivity contribution in [2.24, 2.45) is 0 Å². The lowest BCUT2D eigenvalue weighted by atomic mass is 10.0. The standard InChI is InChI=1S/C23H20N2OS/c1-13-6-7-14(2)17(10-13)12-20(26)24-23-25-22-18-5-3-4-15-8-9-16(21(15)18)11-19(22)27-23/h3-7,10-11H,8-9,12H2,1-2H3,(H,24,25,26). The lowest BCUT2D eigenvalue weighted by Gasteiger charge is -2.06. The predicted molar refractivity (Wildman–Crippen MR) is 113 cm³/mol. The van der Waals surface area contributed by atoms with Gasteiger partial charge in [-0.05, 0) is 60.4 Å². The number of benzene rings is 3. The maximum atomic E-state index is 12.6. The van der Waals surface area contributed by atoms with E-state index in [9.17, 15) is 4.79 Å². The van der Waals surface area contributed by atoms with E-state index in [4.69, 9.17) is 4.98 Å². The first-order valence-corrected chi connectivity index (χ1v) is 10.1. The number of carbonyl (C=O) groups is 1. The summed E-state index contributed by atoms with van der Waals surface area (Å²) in [7, 11) is 0. The first-order chi connectivity index (χ1) is 13.1. The van der Waals surface area contributed by atoms with Gasteiger partial charge in [-0.1, -0.05) is 53.3 Å². The number of hydrogen-bond acceptors (Lipinski definition) is 3. The van der Waals surface area contributed by atoms with Crippen LogP contribution in [0.3, 0.4) is 0 Å². The molecule has 0 fully saturated rings.